The number of hydrazone groups is 2. The molecule has 0 saturated heterocycles. The number of hydrogen-bond acceptors (Lipinski definition) is 12. The summed E-state index contributed by atoms with van der Waals surface area (Å²) >= 11 is 1.64. The summed E-state index contributed by atoms with van der Waals surface area (Å²) in [5, 5.41) is 12.0. The molecule has 0 amide bonds. The van der Waals surface area contributed by atoms with Gasteiger partial charge in [0.25, 0.3) is 0 Å². The molecule has 224 valence electrons. The van der Waals surface area contributed by atoms with E-state index in [-0.39, 0.29) is 9.79 Å². The Morgan fingerprint density at radius 1 is 0.674 bits per heavy atom. The number of thioether (sulfide) groups is 1. The standard InChI is InChI=1S/C29H31N7O4S3/c1-19(21-6-14-25(15-7-21)42(4,37)38)33-35-27-18-28(32-29(31-27)30-23-10-12-24(41-3)13-11-23)36-34-20(2)22-8-16-26(17-9-22)43(5,39)40/h6-18H,1-5H3,(H3,30,31,32,35,36). The lowest BCUT2D eigenvalue weighted by Gasteiger charge is -2.11. The zero-order chi connectivity index (χ0) is 31.2. The smallest absolute Gasteiger partial charge is 0.231 e. The summed E-state index contributed by atoms with van der Waals surface area (Å²) in [7, 11) is -6.60. The van der Waals surface area contributed by atoms with Crippen molar-refractivity contribution in [2.45, 2.75) is 28.5 Å². The molecule has 3 N–H and O–H groups in total. The molecule has 4 rings (SSSR count). The van der Waals surface area contributed by atoms with E-state index in [1.807, 2.05) is 30.5 Å². The van der Waals surface area contributed by atoms with Crippen LogP contribution in [0.4, 0.5) is 23.3 Å². The van der Waals surface area contributed by atoms with E-state index in [1.54, 1.807) is 55.9 Å². The van der Waals surface area contributed by atoms with Gasteiger partial charge in [0, 0.05) is 29.2 Å². The number of hydrogen-bond donors (Lipinski definition) is 3. The number of nitrogens with zero attached hydrogens (tertiary/aromatic N) is 4. The molecule has 43 heavy (non-hydrogen) atoms. The Balaban J connectivity index is 1.59. The van der Waals surface area contributed by atoms with Crippen LogP contribution >= 0.6 is 11.8 Å². The Hall–Kier alpha value is -4.27. The summed E-state index contributed by atoms with van der Waals surface area (Å²) in [5.74, 6) is 1.04. The minimum Gasteiger partial charge on any atom is -0.324 e. The summed E-state index contributed by atoms with van der Waals surface area (Å²) in [5.41, 5.74) is 9.37. The van der Waals surface area contributed by atoms with Crippen molar-refractivity contribution in [2.75, 3.05) is 34.9 Å². The van der Waals surface area contributed by atoms with Gasteiger partial charge in [0.1, 0.15) is 0 Å². The highest BCUT2D eigenvalue weighted by molar-refractivity contribution is 7.98. The lowest BCUT2D eigenvalue weighted by atomic mass is 10.1. The maximum absolute atomic E-state index is 11.8. The fourth-order valence-corrected chi connectivity index (χ4v) is 5.39. The van der Waals surface area contributed by atoms with E-state index in [1.165, 1.54) is 24.3 Å². The molecule has 0 radical (unpaired) electrons. The lowest BCUT2D eigenvalue weighted by molar-refractivity contribution is 0.600. The van der Waals surface area contributed by atoms with Crippen molar-refractivity contribution in [3.05, 3.63) is 90.0 Å². The van der Waals surface area contributed by atoms with E-state index in [0.717, 1.165) is 34.2 Å². The van der Waals surface area contributed by atoms with Crippen LogP contribution in [0.25, 0.3) is 0 Å². The van der Waals surface area contributed by atoms with Crippen LogP contribution in [-0.4, -0.2) is 57.0 Å². The second kappa shape index (κ2) is 13.4. The Morgan fingerprint density at radius 3 is 1.47 bits per heavy atom. The largest absolute Gasteiger partial charge is 0.324 e. The van der Waals surface area contributed by atoms with E-state index in [0.29, 0.717) is 29.0 Å². The number of rotatable bonds is 11. The van der Waals surface area contributed by atoms with E-state index in [2.05, 4.69) is 36.3 Å². The van der Waals surface area contributed by atoms with E-state index < -0.39 is 19.7 Å². The summed E-state index contributed by atoms with van der Waals surface area (Å²) in [6.07, 6.45) is 4.33. The molecule has 0 spiro atoms. The highest BCUT2D eigenvalue weighted by atomic mass is 32.2. The number of nitrogens with one attached hydrogen (secondary N) is 3. The molecule has 1 aromatic heterocycles. The van der Waals surface area contributed by atoms with Crippen molar-refractivity contribution in [3.8, 4) is 0 Å². The SMILES string of the molecule is CSc1ccc(Nc2nc(NN=C(C)c3ccc(S(C)(=O)=O)cc3)cc(NN=C(C)c3ccc(S(C)(=O)=O)cc3)n2)cc1. The first-order chi connectivity index (χ1) is 20.3. The summed E-state index contributed by atoms with van der Waals surface area (Å²) in [6.45, 7) is 3.58. The number of benzene rings is 3. The monoisotopic (exact) mass is 637 g/mol. The van der Waals surface area contributed by atoms with Gasteiger partial charge < -0.3 is 5.32 Å². The maximum Gasteiger partial charge on any atom is 0.231 e. The van der Waals surface area contributed by atoms with Gasteiger partial charge in [-0.25, -0.2) is 16.8 Å². The Labute approximate surface area is 255 Å². The average molecular weight is 638 g/mol. The normalized spacial score (nSPS) is 12.6. The molecule has 1 heterocycles. The van der Waals surface area contributed by atoms with Crippen molar-refractivity contribution in [2.24, 2.45) is 10.2 Å². The molecule has 0 aliphatic carbocycles. The highest BCUT2D eigenvalue weighted by Crippen LogP contribution is 2.22. The van der Waals surface area contributed by atoms with Crippen LogP contribution in [0.1, 0.15) is 25.0 Å². The van der Waals surface area contributed by atoms with Crippen LogP contribution in [-0.2, 0) is 19.7 Å². The molecule has 3 aromatic carbocycles. The lowest BCUT2D eigenvalue weighted by Crippen LogP contribution is -2.07. The third-order valence-electron chi connectivity index (χ3n) is 6.15. The number of sulfone groups is 2. The molecular weight excluding hydrogens is 607 g/mol. The molecule has 0 atom stereocenters. The van der Waals surface area contributed by atoms with Crippen LogP contribution in [0, 0.1) is 0 Å². The topological polar surface area (TPSA) is 155 Å². The zero-order valence-corrected chi connectivity index (χ0v) is 26.6. The predicted molar refractivity (Wildman–Crippen MR) is 174 cm³/mol. The van der Waals surface area contributed by atoms with Crippen molar-refractivity contribution in [1.82, 2.24) is 9.97 Å². The fourth-order valence-electron chi connectivity index (χ4n) is 3.72. The number of anilines is 4. The molecule has 0 fully saturated rings. The van der Waals surface area contributed by atoms with Crippen LogP contribution in [0.2, 0.25) is 0 Å². The van der Waals surface area contributed by atoms with Crippen LogP contribution in [0.3, 0.4) is 0 Å². The Bertz CT molecular complexity index is 1760. The second-order valence-electron chi connectivity index (χ2n) is 9.53. The highest BCUT2D eigenvalue weighted by Gasteiger charge is 2.10. The molecule has 4 aromatic rings. The summed E-state index contributed by atoms with van der Waals surface area (Å²) in [6, 6.07) is 22.4. The van der Waals surface area contributed by atoms with Gasteiger partial charge in [-0.15, -0.1) is 11.8 Å². The van der Waals surface area contributed by atoms with Gasteiger partial charge in [0.15, 0.2) is 31.3 Å². The first-order valence-electron chi connectivity index (χ1n) is 12.8. The molecule has 0 bridgehead atoms. The molecule has 0 aliphatic rings. The van der Waals surface area contributed by atoms with E-state index in [9.17, 15) is 16.8 Å². The van der Waals surface area contributed by atoms with Crippen LogP contribution in [0.15, 0.2) is 104 Å². The quantitative estimate of drug-likeness (QED) is 0.110. The Kier molecular flexibility index (Phi) is 9.84. The zero-order valence-electron chi connectivity index (χ0n) is 24.2. The first-order valence-corrected chi connectivity index (χ1v) is 17.8. The molecular formula is C29H31N7O4S3. The van der Waals surface area contributed by atoms with Gasteiger partial charge in [0.05, 0.1) is 21.2 Å². The third-order valence-corrected chi connectivity index (χ3v) is 9.15. The first kappa shape index (κ1) is 31.7. The van der Waals surface area contributed by atoms with Crippen molar-refractivity contribution in [1.29, 1.82) is 0 Å². The molecule has 11 nitrogen and oxygen atoms in total. The minimum absolute atomic E-state index is 0.229. The third kappa shape index (κ3) is 8.86. The van der Waals surface area contributed by atoms with Crippen molar-refractivity contribution >= 4 is 66.1 Å². The molecule has 0 aliphatic heterocycles. The van der Waals surface area contributed by atoms with Crippen molar-refractivity contribution in [3.63, 3.8) is 0 Å². The van der Waals surface area contributed by atoms with E-state index >= 15 is 0 Å². The molecule has 14 heteroatoms. The minimum atomic E-state index is -3.30. The predicted octanol–water partition coefficient (Wildman–Crippen LogP) is 5.42. The van der Waals surface area contributed by atoms with Crippen LogP contribution in [0.5, 0.6) is 0 Å². The van der Waals surface area contributed by atoms with Gasteiger partial charge in [0.2, 0.25) is 5.95 Å². The average Bonchev–Trinajstić information content (AvgIpc) is 2.98. The van der Waals surface area contributed by atoms with E-state index in [4.69, 9.17) is 0 Å². The summed E-state index contributed by atoms with van der Waals surface area (Å²) in [4.78, 5) is 10.6. The summed E-state index contributed by atoms with van der Waals surface area (Å²) < 4.78 is 47.1. The van der Waals surface area contributed by atoms with Crippen molar-refractivity contribution < 1.29 is 16.8 Å². The van der Waals surface area contributed by atoms with Gasteiger partial charge >= 0.3 is 0 Å². The Morgan fingerprint density at radius 2 is 1.09 bits per heavy atom. The van der Waals surface area contributed by atoms with Crippen LogP contribution < -0.4 is 16.2 Å². The molecule has 0 unspecified atom stereocenters. The van der Waals surface area contributed by atoms with Gasteiger partial charge in [-0.05, 0) is 79.8 Å². The second-order valence-corrected chi connectivity index (χ2v) is 14.4. The van der Waals surface area contributed by atoms with Gasteiger partial charge in [-0.3, -0.25) is 10.9 Å². The van der Waals surface area contributed by atoms with Gasteiger partial charge in [-0.1, -0.05) is 24.3 Å². The number of aromatic nitrogens is 2. The maximum atomic E-state index is 11.8. The fraction of sp³-hybridized carbons (Fsp3) is 0.172. The van der Waals surface area contributed by atoms with Gasteiger partial charge in [-0.2, -0.15) is 20.2 Å². The molecule has 0 saturated carbocycles.